The first-order chi connectivity index (χ1) is 15.5. The quantitative estimate of drug-likeness (QED) is 0.679. The molecule has 9 nitrogen and oxygen atoms in total. The third-order valence-corrected chi connectivity index (χ3v) is 5.56. The molecule has 0 bridgehead atoms. The number of benzene rings is 2. The van der Waals surface area contributed by atoms with Crippen LogP contribution in [0.1, 0.15) is 18.9 Å². The van der Waals surface area contributed by atoms with Crippen LogP contribution in [0.5, 0.6) is 17.2 Å². The van der Waals surface area contributed by atoms with Gasteiger partial charge in [0.15, 0.2) is 11.5 Å². The minimum Gasteiger partial charge on any atom is -0.496 e. The van der Waals surface area contributed by atoms with Crippen LogP contribution in [0.3, 0.4) is 0 Å². The van der Waals surface area contributed by atoms with Crippen LogP contribution in [0.4, 0.5) is 5.69 Å². The molecule has 168 valence electrons. The lowest BCUT2D eigenvalue weighted by molar-refractivity contribution is -0.131. The first kappa shape index (κ1) is 21.5. The molecule has 1 fully saturated rings. The monoisotopic (exact) mass is 439 g/mol. The summed E-state index contributed by atoms with van der Waals surface area (Å²) in [7, 11) is 1.57. The van der Waals surface area contributed by atoms with E-state index in [2.05, 4.69) is 10.6 Å². The second kappa shape index (κ2) is 9.17. The number of para-hydroxylation sites is 1. The van der Waals surface area contributed by atoms with Gasteiger partial charge >= 0.3 is 0 Å². The Morgan fingerprint density at radius 1 is 1.19 bits per heavy atom. The van der Waals surface area contributed by atoms with Gasteiger partial charge in [0.2, 0.25) is 24.5 Å². The molecule has 9 heteroatoms. The van der Waals surface area contributed by atoms with Crippen molar-refractivity contribution in [3.8, 4) is 17.2 Å². The van der Waals surface area contributed by atoms with Crippen molar-refractivity contribution >= 4 is 23.4 Å². The van der Waals surface area contributed by atoms with Crippen LogP contribution >= 0.6 is 0 Å². The highest BCUT2D eigenvalue weighted by molar-refractivity contribution is 6.01. The molecule has 0 unspecified atom stereocenters. The molecule has 0 aliphatic carbocycles. The second-order valence-electron chi connectivity index (χ2n) is 7.70. The molecule has 2 aliphatic heterocycles. The SMILES string of the molecule is COc1ccccc1CNC(=O)[C@H](C)NC(=O)[C@H]1CC(=O)N(c2ccc3c(c2)OCO3)C1. The normalized spacial score (nSPS) is 17.8. The highest BCUT2D eigenvalue weighted by atomic mass is 16.7. The van der Waals surface area contributed by atoms with Gasteiger partial charge in [0.05, 0.1) is 13.0 Å². The van der Waals surface area contributed by atoms with Crippen molar-refractivity contribution in [3.05, 3.63) is 48.0 Å². The van der Waals surface area contributed by atoms with Gasteiger partial charge in [0.25, 0.3) is 0 Å². The Kier molecular flexibility index (Phi) is 6.16. The van der Waals surface area contributed by atoms with Gasteiger partial charge in [-0.25, -0.2) is 0 Å². The molecule has 2 heterocycles. The van der Waals surface area contributed by atoms with E-state index >= 15 is 0 Å². The van der Waals surface area contributed by atoms with E-state index in [4.69, 9.17) is 14.2 Å². The lowest BCUT2D eigenvalue weighted by Crippen LogP contribution is -2.47. The fourth-order valence-corrected chi connectivity index (χ4v) is 3.77. The Morgan fingerprint density at radius 2 is 1.97 bits per heavy atom. The molecule has 2 aromatic carbocycles. The van der Waals surface area contributed by atoms with E-state index in [-0.39, 0.29) is 44.0 Å². The second-order valence-corrected chi connectivity index (χ2v) is 7.70. The number of ether oxygens (including phenoxy) is 3. The summed E-state index contributed by atoms with van der Waals surface area (Å²) < 4.78 is 15.9. The minimum absolute atomic E-state index is 0.0792. The molecule has 3 amide bonds. The zero-order valence-electron chi connectivity index (χ0n) is 17.9. The summed E-state index contributed by atoms with van der Waals surface area (Å²) in [4.78, 5) is 39.2. The maximum Gasteiger partial charge on any atom is 0.242 e. The van der Waals surface area contributed by atoms with Crippen molar-refractivity contribution in [1.82, 2.24) is 10.6 Å². The lowest BCUT2D eigenvalue weighted by atomic mass is 10.1. The molecule has 0 spiro atoms. The Balaban J connectivity index is 1.31. The predicted molar refractivity (Wildman–Crippen MR) is 115 cm³/mol. The van der Waals surface area contributed by atoms with Crippen LogP contribution in [-0.2, 0) is 20.9 Å². The molecule has 2 atom stereocenters. The summed E-state index contributed by atoms with van der Waals surface area (Å²) >= 11 is 0. The summed E-state index contributed by atoms with van der Waals surface area (Å²) in [5.74, 6) is 0.529. The molecule has 0 radical (unpaired) electrons. The Morgan fingerprint density at radius 3 is 2.78 bits per heavy atom. The van der Waals surface area contributed by atoms with E-state index in [1.807, 2.05) is 24.3 Å². The standard InChI is InChI=1S/C23H25N3O6/c1-14(22(28)24-11-15-5-3-4-6-18(15)30-2)25-23(29)16-9-21(27)26(12-16)17-7-8-19-20(10-17)32-13-31-19/h3-8,10,14,16H,9,11-13H2,1-2H3,(H,24,28)(H,25,29)/t14-,16-/m0/s1. The first-order valence-electron chi connectivity index (χ1n) is 10.4. The van der Waals surface area contributed by atoms with Gasteiger partial charge in [-0.3, -0.25) is 14.4 Å². The average molecular weight is 439 g/mol. The van der Waals surface area contributed by atoms with Crippen molar-refractivity contribution in [1.29, 1.82) is 0 Å². The molecule has 1 saturated heterocycles. The topological polar surface area (TPSA) is 106 Å². The summed E-state index contributed by atoms with van der Waals surface area (Å²) in [5, 5.41) is 5.51. The average Bonchev–Trinajstić information content (AvgIpc) is 3.43. The summed E-state index contributed by atoms with van der Waals surface area (Å²) in [5.41, 5.74) is 1.49. The van der Waals surface area contributed by atoms with Gasteiger partial charge in [-0.1, -0.05) is 18.2 Å². The fourth-order valence-electron chi connectivity index (χ4n) is 3.77. The Bertz CT molecular complexity index is 1040. The van der Waals surface area contributed by atoms with Gasteiger partial charge in [-0.15, -0.1) is 0 Å². The number of hydrogen-bond acceptors (Lipinski definition) is 6. The van der Waals surface area contributed by atoms with E-state index in [0.717, 1.165) is 5.56 Å². The summed E-state index contributed by atoms with van der Waals surface area (Å²) in [6.07, 6.45) is 0.0792. The zero-order chi connectivity index (χ0) is 22.7. The van der Waals surface area contributed by atoms with E-state index in [9.17, 15) is 14.4 Å². The van der Waals surface area contributed by atoms with Crippen LogP contribution in [0.15, 0.2) is 42.5 Å². The minimum atomic E-state index is -0.744. The molecule has 0 aromatic heterocycles. The van der Waals surface area contributed by atoms with E-state index in [0.29, 0.717) is 22.9 Å². The van der Waals surface area contributed by atoms with Crippen LogP contribution in [0.2, 0.25) is 0 Å². The number of nitrogens with zero attached hydrogens (tertiary/aromatic N) is 1. The lowest BCUT2D eigenvalue weighted by Gasteiger charge is -2.19. The van der Waals surface area contributed by atoms with Crippen molar-refractivity contribution in [3.63, 3.8) is 0 Å². The van der Waals surface area contributed by atoms with E-state index in [1.54, 1.807) is 37.1 Å². The van der Waals surface area contributed by atoms with Crippen LogP contribution in [-0.4, -0.2) is 44.2 Å². The number of rotatable bonds is 7. The van der Waals surface area contributed by atoms with Gasteiger partial charge in [-0.2, -0.15) is 0 Å². The van der Waals surface area contributed by atoms with Gasteiger partial charge < -0.3 is 29.7 Å². The number of hydrogen-bond donors (Lipinski definition) is 2. The molecule has 32 heavy (non-hydrogen) atoms. The number of fused-ring (bicyclic) bond motifs is 1. The van der Waals surface area contributed by atoms with E-state index in [1.165, 1.54) is 0 Å². The number of methoxy groups -OCH3 is 1. The van der Waals surface area contributed by atoms with Crippen molar-refractivity contribution in [2.24, 2.45) is 5.92 Å². The molecule has 4 rings (SSSR count). The maximum atomic E-state index is 12.7. The van der Waals surface area contributed by atoms with Crippen molar-refractivity contribution in [2.75, 3.05) is 25.3 Å². The zero-order valence-corrected chi connectivity index (χ0v) is 17.9. The summed E-state index contributed by atoms with van der Waals surface area (Å²) in [6.45, 7) is 2.28. The summed E-state index contributed by atoms with van der Waals surface area (Å²) in [6, 6.07) is 11.9. The van der Waals surface area contributed by atoms with Gasteiger partial charge in [0, 0.05) is 36.8 Å². The van der Waals surface area contributed by atoms with Gasteiger partial charge in [-0.05, 0) is 25.1 Å². The maximum absolute atomic E-state index is 12.7. The number of nitrogens with one attached hydrogen (secondary N) is 2. The highest BCUT2D eigenvalue weighted by Gasteiger charge is 2.36. The van der Waals surface area contributed by atoms with Crippen LogP contribution < -0.4 is 29.7 Å². The van der Waals surface area contributed by atoms with E-state index < -0.39 is 12.0 Å². The largest absolute Gasteiger partial charge is 0.496 e. The number of anilines is 1. The highest BCUT2D eigenvalue weighted by Crippen LogP contribution is 2.37. The molecular weight excluding hydrogens is 414 g/mol. The van der Waals surface area contributed by atoms with Crippen molar-refractivity contribution < 1.29 is 28.6 Å². The number of carbonyl (C=O) groups is 3. The smallest absolute Gasteiger partial charge is 0.242 e. The molecular formula is C23H25N3O6. The Labute approximate surface area is 185 Å². The van der Waals surface area contributed by atoms with Crippen LogP contribution in [0, 0.1) is 5.92 Å². The predicted octanol–water partition coefficient (Wildman–Crippen LogP) is 1.60. The van der Waals surface area contributed by atoms with Gasteiger partial charge in [0.1, 0.15) is 11.8 Å². The van der Waals surface area contributed by atoms with Crippen molar-refractivity contribution in [2.45, 2.75) is 25.9 Å². The number of amides is 3. The molecule has 2 N–H and O–H groups in total. The number of carbonyl (C=O) groups excluding carboxylic acids is 3. The Hall–Kier alpha value is -3.75. The third kappa shape index (κ3) is 4.46. The third-order valence-electron chi connectivity index (χ3n) is 5.56. The molecule has 2 aliphatic rings. The molecule has 0 saturated carbocycles. The fraction of sp³-hybridized carbons (Fsp3) is 0.348. The molecule has 2 aromatic rings. The first-order valence-corrected chi connectivity index (χ1v) is 10.4. The van der Waals surface area contributed by atoms with Crippen LogP contribution in [0.25, 0.3) is 0 Å².